The van der Waals surface area contributed by atoms with Crippen LogP contribution >= 0.6 is 22.6 Å². The number of hydrogen-bond donors (Lipinski definition) is 0. The minimum Gasteiger partial charge on any atom is -0.240 e. The molecule has 0 bridgehead atoms. The summed E-state index contributed by atoms with van der Waals surface area (Å²) in [6, 6.07) is 0. The summed E-state index contributed by atoms with van der Waals surface area (Å²) in [5.74, 6) is 0. The molecule has 0 radical (unpaired) electrons. The van der Waals surface area contributed by atoms with Crippen molar-refractivity contribution in [3.05, 3.63) is 0 Å². The van der Waals surface area contributed by atoms with Gasteiger partial charge in [-0.25, -0.2) is 4.39 Å². The summed E-state index contributed by atoms with van der Waals surface area (Å²) in [5.41, 5.74) is 0. The summed E-state index contributed by atoms with van der Waals surface area (Å²) in [6.45, 7) is 0.826. The highest BCUT2D eigenvalue weighted by molar-refractivity contribution is 14.1. The summed E-state index contributed by atoms with van der Waals surface area (Å²) < 4.78 is 31.2. The predicted octanol–water partition coefficient (Wildman–Crippen LogP) is 2.37. The third-order valence-corrected chi connectivity index (χ3v) is 1.31. The van der Waals surface area contributed by atoms with Crippen molar-refractivity contribution >= 4 is 22.6 Å². The van der Waals surface area contributed by atoms with Crippen molar-refractivity contribution in [3.8, 4) is 0 Å². The average Bonchev–Trinajstić information content (AvgIpc) is 1.31. The predicted molar refractivity (Wildman–Crippen MR) is 29.5 cm³/mol. The molecular formula is C3H4F3I. The van der Waals surface area contributed by atoms with Crippen LogP contribution in [0.25, 0.3) is 0 Å². The Morgan fingerprint density at radius 3 is 1.71 bits per heavy atom. The van der Waals surface area contributed by atoms with Gasteiger partial charge in [-0.05, 0) is 6.92 Å². The van der Waals surface area contributed by atoms with Gasteiger partial charge in [-0.1, -0.05) is 0 Å². The van der Waals surface area contributed by atoms with E-state index in [9.17, 15) is 13.2 Å². The summed E-state index contributed by atoms with van der Waals surface area (Å²) >= 11 is 0.758. The van der Waals surface area contributed by atoms with Gasteiger partial charge in [0.2, 0.25) is 0 Å². The topological polar surface area (TPSA) is 0 Å². The van der Waals surface area contributed by atoms with E-state index in [0.717, 1.165) is 29.5 Å². The molecule has 7 heavy (non-hydrogen) atoms. The monoisotopic (exact) mass is 224 g/mol. The van der Waals surface area contributed by atoms with Crippen LogP contribution in [-0.4, -0.2) is 10.1 Å². The Kier molecular flexibility index (Phi) is 2.35. The molecule has 0 aliphatic carbocycles. The Bertz CT molecular complexity index is 55.7. The zero-order chi connectivity index (χ0) is 6.08. The molecule has 0 aliphatic heterocycles. The lowest BCUT2D eigenvalue weighted by molar-refractivity contribution is 0.0423. The minimum absolute atomic E-state index is 0.758. The molecule has 0 spiro atoms. The van der Waals surface area contributed by atoms with E-state index in [0.29, 0.717) is 0 Å². The molecule has 0 fully saturated rings. The lowest BCUT2D eigenvalue weighted by Crippen LogP contribution is -2.17. The van der Waals surface area contributed by atoms with Gasteiger partial charge >= 0.3 is 3.93 Å². The number of hydrogen-bond acceptors (Lipinski definition) is 0. The normalized spacial score (nSPS) is 16.7. The summed E-state index contributed by atoms with van der Waals surface area (Å²) in [4.78, 5) is 0. The fraction of sp³-hybridized carbons (Fsp3) is 1.00. The van der Waals surface area contributed by atoms with Gasteiger partial charge in [-0.15, -0.1) is 0 Å². The molecule has 0 aromatic heterocycles. The van der Waals surface area contributed by atoms with Crippen molar-refractivity contribution < 1.29 is 13.2 Å². The zero-order valence-corrected chi connectivity index (χ0v) is 5.75. The molecule has 0 heterocycles. The first-order valence-electron chi connectivity index (χ1n) is 1.65. The van der Waals surface area contributed by atoms with E-state index in [1.165, 1.54) is 0 Å². The highest BCUT2D eigenvalue weighted by Crippen LogP contribution is 2.28. The van der Waals surface area contributed by atoms with Gasteiger partial charge in [0.05, 0.1) is 0 Å². The van der Waals surface area contributed by atoms with Crippen LogP contribution in [0.15, 0.2) is 0 Å². The Labute approximate surface area is 53.2 Å². The first-order valence-corrected chi connectivity index (χ1v) is 2.73. The Hall–Kier alpha value is 0.520. The fourth-order valence-corrected chi connectivity index (χ4v) is 0. The highest BCUT2D eigenvalue weighted by atomic mass is 127. The van der Waals surface area contributed by atoms with Crippen molar-refractivity contribution in [1.82, 2.24) is 0 Å². The zero-order valence-electron chi connectivity index (χ0n) is 3.59. The van der Waals surface area contributed by atoms with Crippen LogP contribution in [-0.2, 0) is 0 Å². The first-order chi connectivity index (χ1) is 2.94. The average molecular weight is 224 g/mol. The van der Waals surface area contributed by atoms with Crippen molar-refractivity contribution in [2.45, 2.75) is 17.0 Å². The maximum absolute atomic E-state index is 11.5. The molecule has 0 N–H and O–H groups in total. The molecule has 4 heteroatoms. The van der Waals surface area contributed by atoms with Crippen LogP contribution in [0, 0.1) is 0 Å². The van der Waals surface area contributed by atoms with Crippen LogP contribution in [0.2, 0.25) is 0 Å². The maximum atomic E-state index is 11.5. The van der Waals surface area contributed by atoms with E-state index in [-0.39, 0.29) is 0 Å². The molecule has 0 aliphatic rings. The molecule has 0 rings (SSSR count). The first kappa shape index (κ1) is 7.52. The van der Waals surface area contributed by atoms with Gasteiger partial charge in [-0.2, -0.15) is 8.78 Å². The lowest BCUT2D eigenvalue weighted by Gasteiger charge is -2.06. The van der Waals surface area contributed by atoms with Crippen LogP contribution < -0.4 is 0 Å². The van der Waals surface area contributed by atoms with Crippen LogP contribution in [0.4, 0.5) is 13.2 Å². The number of halogens is 4. The third kappa shape index (κ3) is 3.13. The van der Waals surface area contributed by atoms with Crippen molar-refractivity contribution in [1.29, 1.82) is 0 Å². The van der Waals surface area contributed by atoms with Gasteiger partial charge in [0.25, 0.3) is 0 Å². The van der Waals surface area contributed by atoms with Gasteiger partial charge in [-0.3, -0.25) is 0 Å². The molecule has 0 aromatic rings. The lowest BCUT2D eigenvalue weighted by atomic mass is 10.5. The quantitative estimate of drug-likeness (QED) is 0.473. The van der Waals surface area contributed by atoms with Crippen molar-refractivity contribution in [2.24, 2.45) is 0 Å². The minimum atomic E-state index is -3.20. The van der Waals surface area contributed by atoms with E-state index >= 15 is 0 Å². The van der Waals surface area contributed by atoms with Crippen molar-refractivity contribution in [2.75, 3.05) is 0 Å². The van der Waals surface area contributed by atoms with Crippen LogP contribution in [0.5, 0.6) is 0 Å². The summed E-state index contributed by atoms with van der Waals surface area (Å²) in [5, 5.41) is 0. The molecule has 0 saturated heterocycles. The smallest absolute Gasteiger partial charge is 0.240 e. The molecule has 44 valence electrons. The molecule has 1 unspecified atom stereocenters. The standard InChI is InChI=1S/C3H4F3I/c1-2(4)3(5,6)7/h2H,1H3. The number of rotatable bonds is 1. The van der Waals surface area contributed by atoms with E-state index < -0.39 is 10.1 Å². The second-order valence-electron chi connectivity index (χ2n) is 1.16. The van der Waals surface area contributed by atoms with Gasteiger partial charge < -0.3 is 0 Å². The molecule has 0 amide bonds. The van der Waals surface area contributed by atoms with Gasteiger partial charge in [0.1, 0.15) is 0 Å². The third-order valence-electron chi connectivity index (χ3n) is 0.451. The van der Waals surface area contributed by atoms with E-state index in [2.05, 4.69) is 0 Å². The SMILES string of the molecule is CC(F)C(F)(F)I. The van der Waals surface area contributed by atoms with Crippen LogP contribution in [0.1, 0.15) is 6.92 Å². The summed E-state index contributed by atoms with van der Waals surface area (Å²) in [7, 11) is 0. The second kappa shape index (κ2) is 2.19. The Morgan fingerprint density at radius 1 is 1.57 bits per heavy atom. The number of alkyl halides is 4. The van der Waals surface area contributed by atoms with E-state index in [1.807, 2.05) is 0 Å². The second-order valence-corrected chi connectivity index (χ2v) is 2.60. The van der Waals surface area contributed by atoms with Crippen molar-refractivity contribution in [3.63, 3.8) is 0 Å². The molecule has 0 aromatic carbocycles. The maximum Gasteiger partial charge on any atom is 0.326 e. The molecular weight excluding hydrogens is 220 g/mol. The Balaban J connectivity index is 3.54. The van der Waals surface area contributed by atoms with E-state index in [1.54, 1.807) is 0 Å². The van der Waals surface area contributed by atoms with Gasteiger partial charge in [0.15, 0.2) is 6.17 Å². The largest absolute Gasteiger partial charge is 0.326 e. The van der Waals surface area contributed by atoms with Gasteiger partial charge in [0, 0.05) is 22.6 Å². The molecule has 0 nitrogen and oxygen atoms in total. The Morgan fingerprint density at radius 2 is 1.71 bits per heavy atom. The van der Waals surface area contributed by atoms with Crippen LogP contribution in [0.3, 0.4) is 0 Å². The summed E-state index contributed by atoms with van der Waals surface area (Å²) in [6.07, 6.45) is -2.05. The molecule has 0 saturated carbocycles. The van der Waals surface area contributed by atoms with E-state index in [4.69, 9.17) is 0 Å². The molecule has 1 atom stereocenters. The highest BCUT2D eigenvalue weighted by Gasteiger charge is 2.32. The fourth-order valence-electron chi connectivity index (χ4n) is 0.